The smallest absolute Gasteiger partial charge is 0.522 e. The molecule has 224 valence electrons. The van der Waals surface area contributed by atoms with Crippen LogP contribution in [0.15, 0.2) is 103 Å². The molecule has 0 amide bonds. The van der Waals surface area contributed by atoms with Crippen LogP contribution in [0.2, 0.25) is 0 Å². The van der Waals surface area contributed by atoms with Crippen LogP contribution in [0.5, 0.6) is 23.0 Å². The average Bonchev–Trinajstić information content (AvgIpc) is 3.05. The summed E-state index contributed by atoms with van der Waals surface area (Å²) in [7, 11) is -0.728. The molecule has 0 fully saturated rings. The Bertz CT molecular complexity index is 1710. The van der Waals surface area contributed by atoms with Crippen molar-refractivity contribution >= 4 is 12.6 Å². The average molecular weight is 585 g/mol. The summed E-state index contributed by atoms with van der Waals surface area (Å²) in [5.41, 5.74) is 8.52. The molecule has 0 aromatic heterocycles. The molecule has 4 nitrogen and oxygen atoms in total. The fourth-order valence-corrected chi connectivity index (χ4v) is 5.77. The van der Waals surface area contributed by atoms with Crippen molar-refractivity contribution in [3.05, 3.63) is 148 Å². The highest BCUT2D eigenvalue weighted by Gasteiger charge is 2.30. The van der Waals surface area contributed by atoms with Gasteiger partial charge in [-0.15, -0.1) is 0 Å². The van der Waals surface area contributed by atoms with Crippen LogP contribution in [0.25, 0.3) is 0 Å². The Labute approximate surface area is 262 Å². The van der Waals surface area contributed by atoms with E-state index < -0.39 is 7.12 Å². The maximum atomic E-state index is 11.0. The molecule has 0 aliphatic carbocycles. The summed E-state index contributed by atoms with van der Waals surface area (Å²) in [6.07, 6.45) is 3.38. The Kier molecular flexibility index (Phi) is 9.96. The second-order valence-corrected chi connectivity index (χ2v) is 11.2. The van der Waals surface area contributed by atoms with Crippen LogP contribution >= 0.6 is 0 Å². The van der Waals surface area contributed by atoms with Crippen molar-refractivity contribution in [3.63, 3.8) is 0 Å². The molecule has 0 radical (unpaired) electrons. The van der Waals surface area contributed by atoms with Crippen LogP contribution in [0, 0.1) is 6.92 Å². The molecule has 0 spiro atoms. The van der Waals surface area contributed by atoms with Crippen molar-refractivity contribution in [1.29, 1.82) is 0 Å². The molecule has 5 heteroatoms. The Morgan fingerprint density at radius 3 is 1.45 bits per heavy atom. The van der Waals surface area contributed by atoms with E-state index in [0.29, 0.717) is 24.3 Å². The van der Waals surface area contributed by atoms with E-state index >= 15 is 0 Å². The zero-order valence-corrected chi connectivity index (χ0v) is 26.1. The maximum absolute atomic E-state index is 11.0. The van der Waals surface area contributed by atoms with Crippen LogP contribution < -0.4 is 14.8 Å². The Balaban J connectivity index is 1.54. The van der Waals surface area contributed by atoms with E-state index in [1.165, 1.54) is 0 Å². The van der Waals surface area contributed by atoms with Gasteiger partial charge in [0.15, 0.2) is 0 Å². The van der Waals surface area contributed by atoms with Gasteiger partial charge in [-0.2, -0.15) is 0 Å². The van der Waals surface area contributed by atoms with Gasteiger partial charge in [-0.25, -0.2) is 0 Å². The third kappa shape index (κ3) is 6.78. The highest BCUT2D eigenvalue weighted by Crippen LogP contribution is 2.34. The number of para-hydroxylation sites is 4. The SMILES string of the molecule is CCc1cccc(Cc2cccc(C)c2OB(Oc2c(CC)cccc2Cc2cccc(CC)c2O)c2ccccc2)c1O. The number of aromatic hydroxyl groups is 2. The zero-order chi connectivity index (χ0) is 31.1. The van der Waals surface area contributed by atoms with E-state index in [2.05, 4.69) is 38.1 Å². The first-order valence-corrected chi connectivity index (χ1v) is 15.6. The van der Waals surface area contributed by atoms with Crippen LogP contribution in [0.1, 0.15) is 65.3 Å². The van der Waals surface area contributed by atoms with Crippen molar-refractivity contribution in [1.82, 2.24) is 0 Å². The highest BCUT2D eigenvalue weighted by atomic mass is 16.6. The normalized spacial score (nSPS) is 10.9. The van der Waals surface area contributed by atoms with E-state index in [-0.39, 0.29) is 0 Å². The molecular formula is C39H41BO4. The zero-order valence-electron chi connectivity index (χ0n) is 26.1. The second-order valence-electron chi connectivity index (χ2n) is 11.2. The molecule has 0 aliphatic rings. The van der Waals surface area contributed by atoms with Gasteiger partial charge < -0.3 is 19.5 Å². The predicted octanol–water partition coefficient (Wildman–Crippen LogP) is 8.13. The van der Waals surface area contributed by atoms with Crippen LogP contribution in [0.3, 0.4) is 0 Å². The molecule has 5 rings (SSSR count). The monoisotopic (exact) mass is 584 g/mol. The van der Waals surface area contributed by atoms with E-state index in [1.54, 1.807) is 0 Å². The van der Waals surface area contributed by atoms with Crippen molar-refractivity contribution in [2.75, 3.05) is 0 Å². The Hall–Kier alpha value is -4.64. The summed E-state index contributed by atoms with van der Waals surface area (Å²) in [5, 5.41) is 21.9. The van der Waals surface area contributed by atoms with Crippen molar-refractivity contribution < 1.29 is 19.5 Å². The highest BCUT2D eigenvalue weighted by molar-refractivity contribution is 6.62. The number of phenols is 2. The number of rotatable bonds is 12. The van der Waals surface area contributed by atoms with E-state index in [4.69, 9.17) is 9.31 Å². The Morgan fingerprint density at radius 2 is 0.909 bits per heavy atom. The fraction of sp³-hybridized carbons (Fsp3) is 0.231. The minimum atomic E-state index is -0.728. The number of hydrogen-bond donors (Lipinski definition) is 2. The number of benzene rings is 5. The van der Waals surface area contributed by atoms with Gasteiger partial charge in [0, 0.05) is 18.3 Å². The third-order valence-corrected chi connectivity index (χ3v) is 8.30. The van der Waals surface area contributed by atoms with Gasteiger partial charge >= 0.3 is 7.12 Å². The van der Waals surface area contributed by atoms with Crippen LogP contribution in [0.4, 0.5) is 0 Å². The molecule has 0 atom stereocenters. The maximum Gasteiger partial charge on any atom is 0.632 e. The van der Waals surface area contributed by atoms with Crippen molar-refractivity contribution in [2.24, 2.45) is 0 Å². The lowest BCUT2D eigenvalue weighted by Crippen LogP contribution is -2.43. The minimum Gasteiger partial charge on any atom is -0.522 e. The summed E-state index contributed by atoms with van der Waals surface area (Å²) in [6.45, 7) is 8.26. The van der Waals surface area contributed by atoms with Crippen molar-refractivity contribution in [2.45, 2.75) is 59.8 Å². The van der Waals surface area contributed by atoms with E-state index in [0.717, 1.165) is 80.7 Å². The first kappa shape index (κ1) is 30.8. The van der Waals surface area contributed by atoms with Crippen molar-refractivity contribution in [3.8, 4) is 23.0 Å². The molecule has 0 heterocycles. The van der Waals surface area contributed by atoms with Gasteiger partial charge in [-0.05, 0) is 70.7 Å². The fourth-order valence-electron chi connectivity index (χ4n) is 5.77. The molecule has 2 N–H and O–H groups in total. The lowest BCUT2D eigenvalue weighted by molar-refractivity contribution is 0.429. The summed E-state index contributed by atoms with van der Waals surface area (Å²) >= 11 is 0. The topological polar surface area (TPSA) is 58.9 Å². The molecule has 0 aliphatic heterocycles. The number of phenolic OH excluding ortho intramolecular Hbond substituents is 2. The molecule has 5 aromatic carbocycles. The van der Waals surface area contributed by atoms with Gasteiger partial charge in [-0.3, -0.25) is 0 Å². The largest absolute Gasteiger partial charge is 0.632 e. The standard InChI is InChI=1S/C39H41BO4/c1-5-28-16-12-19-31(36(28)41)25-33-21-11-15-27(4)38(33)43-40(35-23-9-8-10-24-35)44-39-30(7-3)18-14-22-34(39)26-32-20-13-17-29(6-2)37(32)42/h8-24,41-42H,5-7,25-26H2,1-4H3. The van der Waals surface area contributed by atoms with Gasteiger partial charge in [0.25, 0.3) is 0 Å². The van der Waals surface area contributed by atoms with E-state index in [1.807, 2.05) is 92.7 Å². The molecule has 0 saturated carbocycles. The molecule has 5 aromatic rings. The molecule has 0 unspecified atom stereocenters. The molecular weight excluding hydrogens is 543 g/mol. The summed E-state index contributed by atoms with van der Waals surface area (Å²) in [4.78, 5) is 0. The Morgan fingerprint density at radius 1 is 0.477 bits per heavy atom. The first-order chi connectivity index (χ1) is 21.4. The van der Waals surface area contributed by atoms with Gasteiger partial charge in [0.2, 0.25) is 0 Å². The lowest BCUT2D eigenvalue weighted by Gasteiger charge is -2.24. The van der Waals surface area contributed by atoms with Crippen LogP contribution in [-0.2, 0) is 32.1 Å². The predicted molar refractivity (Wildman–Crippen MR) is 181 cm³/mol. The molecule has 0 bridgehead atoms. The minimum absolute atomic E-state index is 0.343. The molecule has 0 saturated heterocycles. The summed E-state index contributed by atoms with van der Waals surface area (Å²) in [5.74, 6) is 2.20. The lowest BCUT2D eigenvalue weighted by atomic mass is 9.78. The van der Waals surface area contributed by atoms with Gasteiger partial charge in [0.05, 0.1) is 0 Å². The summed E-state index contributed by atoms with van der Waals surface area (Å²) in [6, 6.07) is 34.2. The van der Waals surface area contributed by atoms with Crippen LogP contribution in [-0.4, -0.2) is 17.3 Å². The van der Waals surface area contributed by atoms with Gasteiger partial charge in [0.1, 0.15) is 23.0 Å². The molecule has 44 heavy (non-hydrogen) atoms. The second kappa shape index (κ2) is 14.2. The first-order valence-electron chi connectivity index (χ1n) is 15.6. The van der Waals surface area contributed by atoms with Gasteiger partial charge in [-0.1, -0.05) is 124 Å². The summed E-state index contributed by atoms with van der Waals surface area (Å²) < 4.78 is 13.7. The third-order valence-electron chi connectivity index (χ3n) is 8.30. The number of aryl methyl sites for hydroxylation is 4. The quantitative estimate of drug-likeness (QED) is 0.145. The van der Waals surface area contributed by atoms with E-state index in [9.17, 15) is 10.2 Å². The number of hydrogen-bond acceptors (Lipinski definition) is 4.